The standard InChI is InChI=1S/C23H27N5OS/c1-17-4-8-19(9-5-17)22-24-25-23(28(22)20-10-6-18(2)7-11-20)30-16-21(29)27-14-12-26(3)13-15-27/h4-11H,12-16H2,1-3H3. The summed E-state index contributed by atoms with van der Waals surface area (Å²) in [5, 5.41) is 9.65. The highest BCUT2D eigenvalue weighted by atomic mass is 32.2. The summed E-state index contributed by atoms with van der Waals surface area (Å²) in [6.45, 7) is 7.56. The van der Waals surface area contributed by atoms with E-state index < -0.39 is 0 Å². The summed E-state index contributed by atoms with van der Waals surface area (Å²) < 4.78 is 2.05. The zero-order valence-electron chi connectivity index (χ0n) is 17.7. The van der Waals surface area contributed by atoms with Crippen molar-refractivity contribution in [3.05, 3.63) is 59.7 Å². The molecule has 0 saturated carbocycles. The molecule has 1 amide bonds. The molecular weight excluding hydrogens is 394 g/mol. The first-order chi connectivity index (χ1) is 14.5. The minimum absolute atomic E-state index is 0.156. The summed E-state index contributed by atoms with van der Waals surface area (Å²) >= 11 is 1.45. The van der Waals surface area contributed by atoms with Crippen LogP contribution in [-0.2, 0) is 4.79 Å². The Kier molecular flexibility index (Phi) is 6.20. The number of carbonyl (C=O) groups excluding carboxylic acids is 1. The third-order valence-corrected chi connectivity index (χ3v) is 6.33. The van der Waals surface area contributed by atoms with Crippen molar-refractivity contribution >= 4 is 17.7 Å². The van der Waals surface area contributed by atoms with E-state index in [4.69, 9.17) is 0 Å². The van der Waals surface area contributed by atoms with Crippen molar-refractivity contribution in [3.8, 4) is 17.1 Å². The van der Waals surface area contributed by atoms with E-state index in [1.54, 1.807) is 0 Å². The third-order valence-electron chi connectivity index (χ3n) is 5.42. The van der Waals surface area contributed by atoms with Crippen molar-refractivity contribution in [1.29, 1.82) is 0 Å². The molecular formula is C23H27N5OS. The van der Waals surface area contributed by atoms with Gasteiger partial charge in [0.1, 0.15) is 0 Å². The Morgan fingerprint density at radius 2 is 1.50 bits per heavy atom. The molecule has 3 aromatic rings. The number of hydrogen-bond acceptors (Lipinski definition) is 5. The van der Waals surface area contributed by atoms with Crippen LogP contribution in [0.15, 0.2) is 53.7 Å². The maximum Gasteiger partial charge on any atom is 0.233 e. The molecule has 1 fully saturated rings. The fourth-order valence-electron chi connectivity index (χ4n) is 3.45. The van der Waals surface area contributed by atoms with Crippen LogP contribution < -0.4 is 0 Å². The maximum absolute atomic E-state index is 12.7. The smallest absolute Gasteiger partial charge is 0.233 e. The minimum atomic E-state index is 0.156. The van der Waals surface area contributed by atoms with Gasteiger partial charge in [0.2, 0.25) is 5.91 Å². The lowest BCUT2D eigenvalue weighted by atomic mass is 10.1. The topological polar surface area (TPSA) is 54.3 Å². The van der Waals surface area contributed by atoms with E-state index in [2.05, 4.69) is 84.5 Å². The molecule has 0 bridgehead atoms. The Hall–Kier alpha value is -2.64. The zero-order chi connectivity index (χ0) is 21.1. The first-order valence-electron chi connectivity index (χ1n) is 10.2. The Morgan fingerprint density at radius 1 is 0.900 bits per heavy atom. The number of thioether (sulfide) groups is 1. The monoisotopic (exact) mass is 421 g/mol. The van der Waals surface area contributed by atoms with Gasteiger partial charge < -0.3 is 9.80 Å². The van der Waals surface area contributed by atoms with Crippen LogP contribution in [0.1, 0.15) is 11.1 Å². The predicted octanol–water partition coefficient (Wildman–Crippen LogP) is 3.42. The van der Waals surface area contributed by atoms with Crippen LogP contribution in [0.4, 0.5) is 0 Å². The molecule has 0 N–H and O–H groups in total. The fraction of sp³-hybridized carbons (Fsp3) is 0.348. The number of carbonyl (C=O) groups is 1. The largest absolute Gasteiger partial charge is 0.339 e. The SMILES string of the molecule is Cc1ccc(-c2nnc(SCC(=O)N3CCN(C)CC3)n2-c2ccc(C)cc2)cc1. The molecule has 1 saturated heterocycles. The Morgan fingerprint density at radius 3 is 2.13 bits per heavy atom. The average molecular weight is 422 g/mol. The molecule has 1 aliphatic heterocycles. The van der Waals surface area contributed by atoms with Gasteiger partial charge in [0, 0.05) is 37.4 Å². The second kappa shape index (κ2) is 9.02. The summed E-state index contributed by atoms with van der Waals surface area (Å²) in [6.07, 6.45) is 0. The lowest BCUT2D eigenvalue weighted by molar-refractivity contribution is -0.129. The van der Waals surface area contributed by atoms with Crippen LogP contribution in [0.5, 0.6) is 0 Å². The molecule has 0 spiro atoms. The summed E-state index contributed by atoms with van der Waals surface area (Å²) in [5.41, 5.74) is 4.40. The predicted molar refractivity (Wildman–Crippen MR) is 121 cm³/mol. The summed E-state index contributed by atoms with van der Waals surface area (Å²) in [4.78, 5) is 16.9. The van der Waals surface area contributed by atoms with Crippen molar-refractivity contribution in [1.82, 2.24) is 24.6 Å². The van der Waals surface area contributed by atoms with Crippen molar-refractivity contribution in [2.24, 2.45) is 0 Å². The van der Waals surface area contributed by atoms with Crippen molar-refractivity contribution in [2.75, 3.05) is 39.0 Å². The number of amides is 1. The first-order valence-corrected chi connectivity index (χ1v) is 11.2. The molecule has 1 aliphatic rings. The fourth-order valence-corrected chi connectivity index (χ4v) is 4.31. The first kappa shape index (κ1) is 20.6. The number of piperazine rings is 1. The van der Waals surface area contributed by atoms with Gasteiger partial charge in [0.25, 0.3) is 0 Å². The molecule has 4 rings (SSSR count). The van der Waals surface area contributed by atoms with E-state index in [0.717, 1.165) is 48.4 Å². The van der Waals surface area contributed by atoms with Gasteiger partial charge in [-0.05, 0) is 33.0 Å². The second-order valence-electron chi connectivity index (χ2n) is 7.82. The normalized spacial score (nSPS) is 14.8. The Labute approximate surface area is 181 Å². The molecule has 1 aromatic heterocycles. The van der Waals surface area contributed by atoms with E-state index in [9.17, 15) is 4.79 Å². The van der Waals surface area contributed by atoms with Crippen molar-refractivity contribution in [2.45, 2.75) is 19.0 Å². The quantitative estimate of drug-likeness (QED) is 0.591. The van der Waals surface area contributed by atoms with Gasteiger partial charge in [-0.1, -0.05) is 59.3 Å². The van der Waals surface area contributed by atoms with Gasteiger partial charge in [0.05, 0.1) is 5.75 Å². The lowest BCUT2D eigenvalue weighted by Crippen LogP contribution is -2.47. The van der Waals surface area contributed by atoms with E-state index in [0.29, 0.717) is 5.75 Å². The molecule has 156 valence electrons. The zero-order valence-corrected chi connectivity index (χ0v) is 18.5. The highest BCUT2D eigenvalue weighted by Gasteiger charge is 2.21. The molecule has 0 unspecified atom stereocenters. The maximum atomic E-state index is 12.7. The molecule has 2 aromatic carbocycles. The van der Waals surface area contributed by atoms with Crippen LogP contribution in [-0.4, -0.2) is 69.5 Å². The number of benzene rings is 2. The van der Waals surface area contributed by atoms with E-state index in [-0.39, 0.29) is 5.91 Å². The molecule has 30 heavy (non-hydrogen) atoms. The number of nitrogens with zero attached hydrogens (tertiary/aromatic N) is 5. The number of rotatable bonds is 5. The Bertz CT molecular complexity index is 1010. The summed E-state index contributed by atoms with van der Waals surface area (Å²) in [6, 6.07) is 16.6. The van der Waals surface area contributed by atoms with Crippen LogP contribution in [0.2, 0.25) is 0 Å². The molecule has 0 atom stereocenters. The van der Waals surface area contributed by atoms with E-state index in [1.807, 2.05) is 9.47 Å². The average Bonchev–Trinajstić information content (AvgIpc) is 3.17. The van der Waals surface area contributed by atoms with Gasteiger partial charge in [-0.3, -0.25) is 9.36 Å². The van der Waals surface area contributed by atoms with Crippen LogP contribution in [0.25, 0.3) is 17.1 Å². The number of likely N-dealkylation sites (N-methyl/N-ethyl adjacent to an activating group) is 1. The van der Waals surface area contributed by atoms with Gasteiger partial charge in [-0.2, -0.15) is 0 Å². The molecule has 2 heterocycles. The van der Waals surface area contributed by atoms with Crippen molar-refractivity contribution in [3.63, 3.8) is 0 Å². The van der Waals surface area contributed by atoms with Gasteiger partial charge in [-0.15, -0.1) is 10.2 Å². The molecule has 0 aliphatic carbocycles. The van der Waals surface area contributed by atoms with Gasteiger partial charge in [0.15, 0.2) is 11.0 Å². The number of aromatic nitrogens is 3. The van der Waals surface area contributed by atoms with E-state index >= 15 is 0 Å². The summed E-state index contributed by atoms with van der Waals surface area (Å²) in [7, 11) is 2.09. The second-order valence-corrected chi connectivity index (χ2v) is 8.76. The number of hydrogen-bond donors (Lipinski definition) is 0. The van der Waals surface area contributed by atoms with Crippen LogP contribution in [0, 0.1) is 13.8 Å². The lowest BCUT2D eigenvalue weighted by Gasteiger charge is -2.32. The number of aryl methyl sites for hydroxylation is 2. The van der Waals surface area contributed by atoms with Crippen LogP contribution in [0.3, 0.4) is 0 Å². The third kappa shape index (κ3) is 4.57. The molecule has 0 radical (unpaired) electrons. The van der Waals surface area contributed by atoms with Crippen LogP contribution >= 0.6 is 11.8 Å². The van der Waals surface area contributed by atoms with Crippen molar-refractivity contribution < 1.29 is 4.79 Å². The molecule has 7 heteroatoms. The molecule has 6 nitrogen and oxygen atoms in total. The minimum Gasteiger partial charge on any atom is -0.339 e. The highest BCUT2D eigenvalue weighted by Crippen LogP contribution is 2.28. The Balaban J connectivity index is 1.60. The summed E-state index contributed by atoms with van der Waals surface area (Å²) in [5.74, 6) is 1.30. The highest BCUT2D eigenvalue weighted by molar-refractivity contribution is 7.99. The van der Waals surface area contributed by atoms with E-state index in [1.165, 1.54) is 22.9 Å². The van der Waals surface area contributed by atoms with Gasteiger partial charge in [-0.25, -0.2) is 0 Å². The van der Waals surface area contributed by atoms with Gasteiger partial charge >= 0.3 is 0 Å².